The van der Waals surface area contributed by atoms with Crippen LogP contribution in [-0.4, -0.2) is 66.0 Å². The number of piperidine rings is 1. The molecule has 2 aliphatic rings. The highest BCUT2D eigenvalue weighted by Crippen LogP contribution is 2.30. The van der Waals surface area contributed by atoms with E-state index >= 15 is 0 Å². The lowest BCUT2D eigenvalue weighted by molar-refractivity contribution is 0.101. The predicted molar refractivity (Wildman–Crippen MR) is 129 cm³/mol. The summed E-state index contributed by atoms with van der Waals surface area (Å²) in [5.41, 5.74) is 1.49. The molecule has 1 aliphatic heterocycles. The van der Waals surface area contributed by atoms with Gasteiger partial charge in [0.15, 0.2) is 0 Å². The first kappa shape index (κ1) is 25.1. The van der Waals surface area contributed by atoms with E-state index in [0.29, 0.717) is 35.0 Å². The summed E-state index contributed by atoms with van der Waals surface area (Å²) in [7, 11) is -4.07. The molecule has 4 N–H and O–H groups in total. The van der Waals surface area contributed by atoms with Crippen LogP contribution in [-0.2, 0) is 21.0 Å². The Morgan fingerprint density at radius 2 is 2.24 bits per heavy atom. The number of aliphatic hydroxyl groups excluding tert-OH is 1. The molecule has 0 aromatic carbocycles. The molecular weight excluding hydrogens is 478 g/mol. The Bertz CT molecular complexity index is 1110. The van der Waals surface area contributed by atoms with E-state index in [9.17, 15) is 18.3 Å². The molecule has 10 nitrogen and oxygen atoms in total. The maximum Gasteiger partial charge on any atom is 0.333 e. The van der Waals surface area contributed by atoms with Gasteiger partial charge in [0.2, 0.25) is 5.78 Å². The fourth-order valence-electron chi connectivity index (χ4n) is 4.78. The molecule has 1 saturated heterocycles. The summed E-state index contributed by atoms with van der Waals surface area (Å²) < 4.78 is 26.7. The van der Waals surface area contributed by atoms with Crippen LogP contribution >= 0.6 is 11.3 Å². The number of nitrogens with zero attached hydrogens (tertiary/aromatic N) is 3. The molecule has 2 aromatic rings. The van der Waals surface area contributed by atoms with Gasteiger partial charge in [-0.3, -0.25) is 13.9 Å². The number of thiophene rings is 1. The fraction of sp³-hybridized carbons (Fsp3) is 0.591. The van der Waals surface area contributed by atoms with Crippen LogP contribution in [0.4, 0.5) is 5.82 Å². The number of nitrogens with two attached hydrogens (primary N) is 1. The highest BCUT2D eigenvalue weighted by molar-refractivity contribution is 7.84. The summed E-state index contributed by atoms with van der Waals surface area (Å²) in [5, 5.41) is 20.4. The third kappa shape index (κ3) is 6.58. The Morgan fingerprint density at radius 1 is 1.41 bits per heavy atom. The summed E-state index contributed by atoms with van der Waals surface area (Å²) in [6.07, 6.45) is 5.40. The zero-order valence-electron chi connectivity index (χ0n) is 19.1. The zero-order chi connectivity index (χ0) is 24.3. The Labute approximate surface area is 203 Å². The van der Waals surface area contributed by atoms with Crippen molar-refractivity contribution in [3.63, 3.8) is 0 Å². The number of carbonyl (C=O) groups excluding carboxylic acids is 1. The Balaban J connectivity index is 1.40. The van der Waals surface area contributed by atoms with Crippen molar-refractivity contribution in [1.82, 2.24) is 14.9 Å². The Morgan fingerprint density at radius 3 is 3.00 bits per heavy atom. The normalized spacial score (nSPS) is 26.0. The van der Waals surface area contributed by atoms with Gasteiger partial charge < -0.3 is 10.4 Å². The molecule has 2 fully saturated rings. The topological polar surface area (TPSA) is 148 Å². The second-order valence-corrected chi connectivity index (χ2v) is 11.5. The third-order valence-electron chi connectivity index (χ3n) is 6.43. The molecule has 0 bridgehead atoms. The van der Waals surface area contributed by atoms with E-state index in [4.69, 9.17) is 5.14 Å². The van der Waals surface area contributed by atoms with E-state index in [1.54, 1.807) is 0 Å². The van der Waals surface area contributed by atoms with Crippen LogP contribution in [0.15, 0.2) is 24.0 Å². The Hall–Kier alpha value is -1.96. The van der Waals surface area contributed by atoms with Crippen molar-refractivity contribution < 1.29 is 22.5 Å². The van der Waals surface area contributed by atoms with Gasteiger partial charge >= 0.3 is 10.3 Å². The smallest absolute Gasteiger partial charge is 0.333 e. The molecule has 2 aromatic heterocycles. The summed E-state index contributed by atoms with van der Waals surface area (Å²) in [5.74, 6) is 0.543. The van der Waals surface area contributed by atoms with Gasteiger partial charge in [-0.25, -0.2) is 15.1 Å². The van der Waals surface area contributed by atoms with Crippen LogP contribution in [0.3, 0.4) is 0 Å². The largest absolute Gasteiger partial charge is 0.393 e. The minimum Gasteiger partial charge on any atom is -0.393 e. The van der Waals surface area contributed by atoms with E-state index < -0.39 is 22.3 Å². The number of likely N-dealkylation sites (tertiary alicyclic amines) is 1. The lowest BCUT2D eigenvalue weighted by Crippen LogP contribution is -2.33. The van der Waals surface area contributed by atoms with Crippen LogP contribution < -0.4 is 10.5 Å². The number of nitrogens with one attached hydrogen (secondary N) is 1. The average Bonchev–Trinajstić information content (AvgIpc) is 3.38. The fourth-order valence-corrected chi connectivity index (χ4v) is 6.01. The summed E-state index contributed by atoms with van der Waals surface area (Å²) in [6, 6.07) is 1.74. The van der Waals surface area contributed by atoms with Gasteiger partial charge in [-0.2, -0.15) is 8.42 Å². The maximum atomic E-state index is 13.3. The van der Waals surface area contributed by atoms with E-state index in [1.807, 2.05) is 11.4 Å². The van der Waals surface area contributed by atoms with Crippen molar-refractivity contribution in [3.8, 4) is 0 Å². The lowest BCUT2D eigenvalue weighted by Gasteiger charge is -2.30. The number of hydrogen-bond acceptors (Lipinski definition) is 10. The second kappa shape index (κ2) is 10.8. The van der Waals surface area contributed by atoms with E-state index in [-0.39, 0.29) is 18.4 Å². The molecule has 0 radical (unpaired) electrons. The molecule has 3 heterocycles. The number of ketones is 1. The van der Waals surface area contributed by atoms with Gasteiger partial charge in [-0.05, 0) is 55.2 Å². The highest BCUT2D eigenvalue weighted by Gasteiger charge is 2.35. The van der Waals surface area contributed by atoms with Gasteiger partial charge in [0.25, 0.3) is 0 Å². The molecule has 0 unspecified atom stereocenters. The summed E-state index contributed by atoms with van der Waals surface area (Å²) >= 11 is 1.42. The monoisotopic (exact) mass is 509 g/mol. The quantitative estimate of drug-likeness (QED) is 0.430. The van der Waals surface area contributed by atoms with E-state index in [0.717, 1.165) is 25.2 Å². The van der Waals surface area contributed by atoms with Gasteiger partial charge in [0.05, 0.1) is 23.2 Å². The molecule has 1 saturated carbocycles. The van der Waals surface area contributed by atoms with E-state index in [1.165, 1.54) is 36.7 Å². The Kier molecular flexibility index (Phi) is 7.95. The summed E-state index contributed by atoms with van der Waals surface area (Å²) in [4.78, 5) is 24.6. The van der Waals surface area contributed by atoms with Crippen molar-refractivity contribution >= 4 is 33.2 Å². The standard InChI is InChI=1S/C22H31N5O5S2/c1-14-3-2-4-27(9-14)10-15-5-20(33-12-15)21(29)18-8-24-13-25-22(18)26-17-6-16(19(28)7-17)11-32-34(23,30)31/h5,8,12-14,16-17,19,28H,2-4,6-7,9-11H2,1H3,(H2,23,30,31)(H,24,25,26)/t14-,16-,17-,19+/m1/s1. The van der Waals surface area contributed by atoms with Crippen LogP contribution in [0.25, 0.3) is 0 Å². The van der Waals surface area contributed by atoms with Gasteiger partial charge in [0, 0.05) is 31.2 Å². The number of anilines is 1. The SMILES string of the molecule is C[C@@H]1CCCN(Cc2csc(C(=O)c3cncnc3N[C@@H]3C[C@H](COS(N)(=O)=O)[C@@H](O)C3)c2)C1. The number of rotatable bonds is 9. The highest BCUT2D eigenvalue weighted by atomic mass is 32.2. The maximum absolute atomic E-state index is 13.3. The summed E-state index contributed by atoms with van der Waals surface area (Å²) in [6.45, 7) is 5.09. The van der Waals surface area contributed by atoms with Gasteiger partial charge in [-0.1, -0.05) is 6.92 Å². The first-order valence-corrected chi connectivity index (χ1v) is 13.8. The average molecular weight is 510 g/mol. The molecule has 0 spiro atoms. The number of aliphatic hydroxyl groups is 1. The molecular formula is C22H31N5O5S2. The minimum atomic E-state index is -4.07. The van der Waals surface area contributed by atoms with Gasteiger partial charge in [0.1, 0.15) is 12.1 Å². The number of aromatic nitrogens is 2. The molecule has 4 rings (SSSR count). The van der Waals surface area contributed by atoms with Crippen LogP contribution in [0, 0.1) is 11.8 Å². The van der Waals surface area contributed by atoms with Gasteiger partial charge in [-0.15, -0.1) is 11.3 Å². The molecule has 186 valence electrons. The number of hydrogen-bond donors (Lipinski definition) is 3. The van der Waals surface area contributed by atoms with E-state index in [2.05, 4.69) is 31.3 Å². The third-order valence-corrected chi connectivity index (χ3v) is 7.87. The molecule has 0 amide bonds. The van der Waals surface area contributed by atoms with Crippen molar-refractivity contribution in [2.45, 2.75) is 51.3 Å². The second-order valence-electron chi connectivity index (χ2n) is 9.33. The van der Waals surface area contributed by atoms with Crippen molar-refractivity contribution in [1.29, 1.82) is 0 Å². The van der Waals surface area contributed by atoms with Crippen molar-refractivity contribution in [3.05, 3.63) is 40.0 Å². The molecule has 34 heavy (non-hydrogen) atoms. The van der Waals surface area contributed by atoms with Crippen molar-refractivity contribution in [2.24, 2.45) is 17.0 Å². The van der Waals surface area contributed by atoms with Crippen LogP contribution in [0.2, 0.25) is 0 Å². The molecule has 1 aliphatic carbocycles. The molecule has 12 heteroatoms. The van der Waals surface area contributed by atoms with Crippen LogP contribution in [0.1, 0.15) is 53.4 Å². The number of carbonyl (C=O) groups is 1. The molecule has 4 atom stereocenters. The minimum absolute atomic E-state index is 0.154. The van der Waals surface area contributed by atoms with Crippen LogP contribution in [0.5, 0.6) is 0 Å². The lowest BCUT2D eigenvalue weighted by atomic mass is 10.00. The zero-order valence-corrected chi connectivity index (χ0v) is 20.7. The predicted octanol–water partition coefficient (Wildman–Crippen LogP) is 1.77. The first-order chi connectivity index (χ1) is 16.2. The first-order valence-electron chi connectivity index (χ1n) is 11.4. The van der Waals surface area contributed by atoms with Crippen molar-refractivity contribution in [2.75, 3.05) is 25.0 Å².